The van der Waals surface area contributed by atoms with E-state index in [9.17, 15) is 14.4 Å². The minimum atomic E-state index is -0.0611. The van der Waals surface area contributed by atoms with Gasteiger partial charge in [0.15, 0.2) is 0 Å². The fourth-order valence-corrected chi connectivity index (χ4v) is 6.59. The number of benzene rings is 1. The molecule has 2 aliphatic rings. The molecule has 41 heavy (non-hydrogen) atoms. The zero-order valence-electron chi connectivity index (χ0n) is 23.0. The monoisotopic (exact) mass is 603 g/mol. The number of carbonyl (C=O) groups excluding carboxylic acids is 3. The Morgan fingerprint density at radius 3 is 2.51 bits per heavy atom. The van der Waals surface area contributed by atoms with Crippen LogP contribution in [0, 0.1) is 0 Å². The standard InChI is InChI=1S/C28H38ClN7O4S/c29-22-14-25(35-27(30)34-22)40-16-19-11-9-18(10-12-19)15-32-24(38)7-2-1-5-13-31-23(37)8-4-3-6-21-26-20(17-41-21)33-28(39)36-26/h9-12,14,20-21,26H,1-8,13,15-17H2,(H,31,37)(H,32,38)(H2,30,34,35)(H2,33,36,39)/t20-,21-,26-/m0/s1. The molecule has 3 heterocycles. The van der Waals surface area contributed by atoms with Gasteiger partial charge in [-0.05, 0) is 36.8 Å². The number of fused-ring (bicyclic) bond motifs is 1. The Morgan fingerprint density at radius 1 is 1.00 bits per heavy atom. The third kappa shape index (κ3) is 10.3. The Labute approximate surface area is 249 Å². The summed E-state index contributed by atoms with van der Waals surface area (Å²) in [5, 5.41) is 12.5. The highest BCUT2D eigenvalue weighted by Gasteiger charge is 2.42. The van der Waals surface area contributed by atoms with Crippen LogP contribution in [0.2, 0.25) is 5.15 Å². The quantitative estimate of drug-likeness (QED) is 0.111. The third-order valence-corrected chi connectivity index (χ3v) is 8.77. The zero-order valence-corrected chi connectivity index (χ0v) is 24.6. The molecule has 2 fully saturated rings. The average Bonchev–Trinajstić information content (AvgIpc) is 3.50. The lowest BCUT2D eigenvalue weighted by Crippen LogP contribution is -2.36. The summed E-state index contributed by atoms with van der Waals surface area (Å²) in [4.78, 5) is 43.5. The van der Waals surface area contributed by atoms with Crippen molar-refractivity contribution in [1.29, 1.82) is 0 Å². The maximum absolute atomic E-state index is 12.2. The maximum atomic E-state index is 12.2. The molecule has 0 aliphatic carbocycles. The number of anilines is 1. The molecule has 0 unspecified atom stereocenters. The summed E-state index contributed by atoms with van der Waals surface area (Å²) in [6.07, 6.45) is 6.35. The van der Waals surface area contributed by atoms with Crippen molar-refractivity contribution in [3.8, 4) is 5.88 Å². The minimum absolute atomic E-state index is 0.0133. The van der Waals surface area contributed by atoms with E-state index in [4.69, 9.17) is 22.1 Å². The van der Waals surface area contributed by atoms with E-state index < -0.39 is 0 Å². The van der Waals surface area contributed by atoms with Crippen LogP contribution in [0.1, 0.15) is 62.5 Å². The summed E-state index contributed by atoms with van der Waals surface area (Å²) in [6, 6.07) is 9.66. The molecule has 3 atom stereocenters. The van der Waals surface area contributed by atoms with E-state index in [1.165, 1.54) is 6.07 Å². The summed E-state index contributed by atoms with van der Waals surface area (Å²) in [5.41, 5.74) is 7.51. The van der Waals surface area contributed by atoms with Gasteiger partial charge in [-0.1, -0.05) is 48.7 Å². The number of hydrogen-bond donors (Lipinski definition) is 5. The molecule has 2 saturated heterocycles. The predicted molar refractivity (Wildman–Crippen MR) is 160 cm³/mol. The van der Waals surface area contributed by atoms with Crippen molar-refractivity contribution in [3.63, 3.8) is 0 Å². The Kier molecular flexibility index (Phi) is 11.7. The van der Waals surface area contributed by atoms with E-state index in [-0.39, 0.29) is 41.0 Å². The van der Waals surface area contributed by atoms with Gasteiger partial charge in [0.05, 0.1) is 12.1 Å². The summed E-state index contributed by atoms with van der Waals surface area (Å²) >= 11 is 7.76. The van der Waals surface area contributed by atoms with Crippen LogP contribution in [-0.4, -0.2) is 57.4 Å². The smallest absolute Gasteiger partial charge is 0.315 e. The Balaban J connectivity index is 0.978. The number of unbranched alkanes of at least 4 members (excludes halogenated alkanes) is 3. The van der Waals surface area contributed by atoms with Gasteiger partial charge in [-0.15, -0.1) is 0 Å². The van der Waals surface area contributed by atoms with E-state index >= 15 is 0 Å². The predicted octanol–water partition coefficient (Wildman–Crippen LogP) is 3.31. The normalized spacial score (nSPS) is 19.2. The zero-order chi connectivity index (χ0) is 29.0. The van der Waals surface area contributed by atoms with Crippen molar-refractivity contribution in [1.82, 2.24) is 31.2 Å². The first-order valence-corrected chi connectivity index (χ1v) is 15.5. The van der Waals surface area contributed by atoms with Gasteiger partial charge in [0, 0.05) is 43.0 Å². The molecule has 11 nitrogen and oxygen atoms in total. The van der Waals surface area contributed by atoms with Gasteiger partial charge in [0.2, 0.25) is 23.6 Å². The number of aromatic nitrogens is 2. The Morgan fingerprint density at radius 2 is 1.73 bits per heavy atom. The molecule has 0 radical (unpaired) electrons. The second-order valence-electron chi connectivity index (χ2n) is 10.3. The molecule has 6 N–H and O–H groups in total. The van der Waals surface area contributed by atoms with Crippen LogP contribution >= 0.6 is 23.4 Å². The van der Waals surface area contributed by atoms with Crippen molar-refractivity contribution < 1.29 is 19.1 Å². The van der Waals surface area contributed by atoms with Gasteiger partial charge < -0.3 is 31.7 Å². The molecule has 13 heteroatoms. The van der Waals surface area contributed by atoms with Crippen LogP contribution in [0.5, 0.6) is 5.88 Å². The van der Waals surface area contributed by atoms with E-state index in [2.05, 4.69) is 31.2 Å². The van der Waals surface area contributed by atoms with Gasteiger partial charge in [0.1, 0.15) is 11.8 Å². The molecule has 1 aromatic heterocycles. The second kappa shape index (κ2) is 15.7. The van der Waals surface area contributed by atoms with Crippen LogP contribution in [0.3, 0.4) is 0 Å². The molecule has 222 valence electrons. The Bertz CT molecular complexity index is 1170. The van der Waals surface area contributed by atoms with Crippen LogP contribution < -0.4 is 31.7 Å². The lowest BCUT2D eigenvalue weighted by atomic mass is 10.0. The fraction of sp³-hybridized carbons (Fsp3) is 0.536. The van der Waals surface area contributed by atoms with Crippen molar-refractivity contribution in [2.45, 2.75) is 81.9 Å². The number of carbonyl (C=O) groups is 3. The first kappa shape index (κ1) is 30.7. The lowest BCUT2D eigenvalue weighted by molar-refractivity contribution is -0.122. The molecule has 4 amide bonds. The van der Waals surface area contributed by atoms with Gasteiger partial charge in [-0.25, -0.2) is 9.78 Å². The molecular formula is C28H38ClN7O4S. The molecule has 0 spiro atoms. The van der Waals surface area contributed by atoms with Crippen LogP contribution in [0.25, 0.3) is 0 Å². The number of nitrogens with zero attached hydrogens (tertiary/aromatic N) is 2. The number of hydrogen-bond acceptors (Lipinski definition) is 8. The number of thioether (sulfide) groups is 1. The molecule has 2 aliphatic heterocycles. The summed E-state index contributed by atoms with van der Waals surface area (Å²) < 4.78 is 5.61. The number of nitrogens with two attached hydrogens (primary N) is 1. The van der Waals surface area contributed by atoms with E-state index in [0.29, 0.717) is 43.7 Å². The highest BCUT2D eigenvalue weighted by atomic mass is 35.5. The number of amides is 4. The fourth-order valence-electron chi connectivity index (χ4n) is 4.86. The number of nitrogen functional groups attached to an aromatic ring is 1. The number of ether oxygens (including phenoxy) is 1. The third-order valence-electron chi connectivity index (χ3n) is 7.07. The van der Waals surface area contributed by atoms with Crippen molar-refractivity contribution in [3.05, 3.63) is 46.6 Å². The van der Waals surface area contributed by atoms with Gasteiger partial charge in [-0.3, -0.25) is 9.59 Å². The molecule has 1 aromatic carbocycles. The van der Waals surface area contributed by atoms with Gasteiger partial charge >= 0.3 is 6.03 Å². The molecule has 4 rings (SSSR count). The molecular weight excluding hydrogens is 566 g/mol. The number of halogens is 1. The topological polar surface area (TPSA) is 160 Å². The first-order valence-electron chi connectivity index (χ1n) is 14.1. The highest BCUT2D eigenvalue weighted by molar-refractivity contribution is 8.00. The summed E-state index contributed by atoms with van der Waals surface area (Å²) in [6.45, 7) is 1.40. The maximum Gasteiger partial charge on any atom is 0.315 e. The first-order chi connectivity index (χ1) is 19.9. The van der Waals surface area contributed by atoms with E-state index in [1.54, 1.807) is 0 Å². The van der Waals surface area contributed by atoms with E-state index in [1.807, 2.05) is 36.0 Å². The minimum Gasteiger partial charge on any atom is -0.473 e. The van der Waals surface area contributed by atoms with Crippen LogP contribution in [0.4, 0.5) is 10.7 Å². The average molecular weight is 604 g/mol. The number of urea groups is 1. The number of nitrogens with one attached hydrogen (secondary N) is 4. The van der Waals surface area contributed by atoms with Crippen molar-refractivity contribution in [2.75, 3.05) is 18.0 Å². The molecule has 2 aromatic rings. The van der Waals surface area contributed by atoms with Crippen molar-refractivity contribution >= 4 is 47.2 Å². The largest absolute Gasteiger partial charge is 0.473 e. The Hall–Kier alpha value is -3.25. The highest BCUT2D eigenvalue weighted by Crippen LogP contribution is 2.33. The SMILES string of the molecule is Nc1nc(Cl)cc(OCc2ccc(CNC(=O)CCCCCNC(=O)CCCC[C@@H]3SC[C@@H]4NC(=O)N[C@@H]43)cc2)n1. The van der Waals surface area contributed by atoms with E-state index in [0.717, 1.165) is 55.4 Å². The van der Waals surface area contributed by atoms with Gasteiger partial charge in [-0.2, -0.15) is 16.7 Å². The van der Waals surface area contributed by atoms with Crippen LogP contribution in [0.15, 0.2) is 30.3 Å². The van der Waals surface area contributed by atoms with Crippen molar-refractivity contribution in [2.24, 2.45) is 0 Å². The molecule has 0 saturated carbocycles. The summed E-state index contributed by atoms with van der Waals surface area (Å²) in [5.74, 6) is 1.42. The summed E-state index contributed by atoms with van der Waals surface area (Å²) in [7, 11) is 0. The molecule has 0 bridgehead atoms. The van der Waals surface area contributed by atoms with Crippen LogP contribution in [-0.2, 0) is 22.7 Å². The van der Waals surface area contributed by atoms with Gasteiger partial charge in [0.25, 0.3) is 0 Å². The second-order valence-corrected chi connectivity index (χ2v) is 12.0. The lowest BCUT2D eigenvalue weighted by Gasteiger charge is -2.16. The number of rotatable bonds is 16.